The van der Waals surface area contributed by atoms with Crippen LogP contribution >= 0.6 is 11.3 Å². The van der Waals surface area contributed by atoms with Crippen LogP contribution in [0.4, 0.5) is 5.82 Å². The number of anilines is 1. The topological polar surface area (TPSA) is 66.3 Å². The van der Waals surface area contributed by atoms with Gasteiger partial charge in [0.05, 0.1) is 11.3 Å². The second-order valence-electron chi connectivity index (χ2n) is 5.18. The molecule has 0 aromatic carbocycles. The summed E-state index contributed by atoms with van der Waals surface area (Å²) in [6.45, 7) is 8.12. The lowest BCUT2D eigenvalue weighted by atomic mass is 10.1. The van der Waals surface area contributed by atoms with E-state index < -0.39 is 11.9 Å². The molecule has 0 bridgehead atoms. The van der Waals surface area contributed by atoms with Crippen LogP contribution < -0.4 is 4.90 Å². The highest BCUT2D eigenvalue weighted by molar-refractivity contribution is 7.18. The Balaban J connectivity index is 2.50. The number of thiophene rings is 1. The second kappa shape index (κ2) is 5.36. The number of carboxylic acid groups (broad SMARTS) is 1. The molecule has 5 nitrogen and oxygen atoms in total. The zero-order valence-corrected chi connectivity index (χ0v) is 13.2. The fourth-order valence-corrected chi connectivity index (χ4v) is 3.25. The first kappa shape index (κ1) is 14.7. The first-order valence-corrected chi connectivity index (χ1v) is 7.31. The lowest BCUT2D eigenvalue weighted by Gasteiger charge is -2.21. The van der Waals surface area contributed by atoms with E-state index in [-0.39, 0.29) is 0 Å². The van der Waals surface area contributed by atoms with Crippen molar-refractivity contribution in [1.82, 2.24) is 9.97 Å². The van der Waals surface area contributed by atoms with Crippen molar-refractivity contribution in [1.29, 1.82) is 0 Å². The molecule has 0 amide bonds. The van der Waals surface area contributed by atoms with E-state index in [1.165, 1.54) is 10.4 Å². The van der Waals surface area contributed by atoms with Gasteiger partial charge in [0.25, 0.3) is 0 Å². The third-order valence-electron chi connectivity index (χ3n) is 3.45. The maximum Gasteiger partial charge on any atom is 0.308 e. The van der Waals surface area contributed by atoms with Gasteiger partial charge in [-0.2, -0.15) is 0 Å². The summed E-state index contributed by atoms with van der Waals surface area (Å²) in [7, 11) is 1.88. The minimum absolute atomic E-state index is 0.426. The van der Waals surface area contributed by atoms with Gasteiger partial charge in [-0.05, 0) is 26.3 Å². The van der Waals surface area contributed by atoms with Crippen LogP contribution in [0.15, 0.2) is 0 Å². The number of hydrogen-bond acceptors (Lipinski definition) is 5. The van der Waals surface area contributed by atoms with Gasteiger partial charge in [0.2, 0.25) is 0 Å². The van der Waals surface area contributed by atoms with Crippen molar-refractivity contribution < 1.29 is 9.90 Å². The van der Waals surface area contributed by atoms with E-state index in [2.05, 4.69) is 23.8 Å². The molecule has 2 aromatic rings. The van der Waals surface area contributed by atoms with Crippen molar-refractivity contribution in [2.75, 3.05) is 18.5 Å². The highest BCUT2D eigenvalue weighted by Gasteiger charge is 2.19. The summed E-state index contributed by atoms with van der Waals surface area (Å²) < 4.78 is 0. The standard InChI is InChI=1S/C14H19N3O2S/c1-7(14(18)19)6-17(5)12-11-8(2)9(3)20-13(11)16-10(4)15-12/h7H,6H2,1-5H3,(H,18,19). The largest absolute Gasteiger partial charge is 0.481 e. The van der Waals surface area contributed by atoms with Crippen LogP contribution in [0.2, 0.25) is 0 Å². The molecule has 6 heteroatoms. The van der Waals surface area contributed by atoms with Crippen LogP contribution in [0.5, 0.6) is 0 Å². The van der Waals surface area contributed by atoms with Gasteiger partial charge in [-0.25, -0.2) is 9.97 Å². The Kier molecular flexibility index (Phi) is 3.94. The van der Waals surface area contributed by atoms with Crippen LogP contribution in [-0.4, -0.2) is 34.6 Å². The van der Waals surface area contributed by atoms with Crippen LogP contribution in [0, 0.1) is 26.7 Å². The molecule has 0 saturated carbocycles. The molecule has 108 valence electrons. The number of aromatic nitrogens is 2. The van der Waals surface area contributed by atoms with Gasteiger partial charge >= 0.3 is 5.97 Å². The quantitative estimate of drug-likeness (QED) is 0.939. The molecular weight excluding hydrogens is 274 g/mol. The third-order valence-corrected chi connectivity index (χ3v) is 4.55. The zero-order valence-electron chi connectivity index (χ0n) is 12.4. The molecule has 0 fully saturated rings. The van der Waals surface area contributed by atoms with E-state index >= 15 is 0 Å². The van der Waals surface area contributed by atoms with Gasteiger partial charge in [0, 0.05) is 18.5 Å². The van der Waals surface area contributed by atoms with Gasteiger partial charge in [-0.15, -0.1) is 11.3 Å². The maximum absolute atomic E-state index is 11.0. The van der Waals surface area contributed by atoms with Crippen molar-refractivity contribution in [3.8, 4) is 0 Å². The smallest absolute Gasteiger partial charge is 0.308 e. The molecule has 0 spiro atoms. The van der Waals surface area contributed by atoms with Crippen LogP contribution in [0.3, 0.4) is 0 Å². The van der Waals surface area contributed by atoms with Crippen molar-refractivity contribution in [3.63, 3.8) is 0 Å². The third kappa shape index (κ3) is 2.60. The highest BCUT2D eigenvalue weighted by Crippen LogP contribution is 2.34. The van der Waals surface area contributed by atoms with Crippen molar-refractivity contribution in [2.24, 2.45) is 5.92 Å². The summed E-state index contributed by atoms with van der Waals surface area (Å²) >= 11 is 1.66. The minimum Gasteiger partial charge on any atom is -0.481 e. The average Bonchev–Trinajstić information content (AvgIpc) is 2.63. The number of hydrogen-bond donors (Lipinski definition) is 1. The van der Waals surface area contributed by atoms with Gasteiger partial charge in [-0.3, -0.25) is 4.79 Å². The minimum atomic E-state index is -0.794. The average molecular weight is 293 g/mol. The lowest BCUT2D eigenvalue weighted by molar-refractivity contribution is -0.140. The van der Waals surface area contributed by atoms with Crippen LogP contribution in [-0.2, 0) is 4.79 Å². The van der Waals surface area contributed by atoms with Gasteiger partial charge < -0.3 is 10.0 Å². The Morgan fingerprint density at radius 2 is 2.00 bits per heavy atom. The molecule has 0 saturated heterocycles. The molecule has 2 heterocycles. The normalized spacial score (nSPS) is 12.7. The van der Waals surface area contributed by atoms with Gasteiger partial charge in [0.15, 0.2) is 0 Å². The van der Waals surface area contributed by atoms with Crippen molar-refractivity contribution in [3.05, 3.63) is 16.3 Å². The molecule has 2 rings (SSSR count). The fourth-order valence-electron chi connectivity index (χ4n) is 2.18. The Labute approximate surface area is 122 Å². The Morgan fingerprint density at radius 1 is 1.35 bits per heavy atom. The monoisotopic (exact) mass is 293 g/mol. The number of aliphatic carboxylic acids is 1. The summed E-state index contributed by atoms with van der Waals surface area (Å²) in [5.41, 5.74) is 1.18. The van der Waals surface area contributed by atoms with Gasteiger partial charge in [0.1, 0.15) is 16.5 Å². The van der Waals surface area contributed by atoms with E-state index in [0.717, 1.165) is 16.0 Å². The Morgan fingerprint density at radius 3 is 2.60 bits per heavy atom. The highest BCUT2D eigenvalue weighted by atomic mass is 32.1. The predicted octanol–water partition coefficient (Wildman–Crippen LogP) is 2.77. The van der Waals surface area contributed by atoms with E-state index in [1.54, 1.807) is 18.3 Å². The summed E-state index contributed by atoms with van der Waals surface area (Å²) in [5.74, 6) is 0.300. The zero-order chi connectivity index (χ0) is 15.0. The van der Waals surface area contributed by atoms with E-state index in [4.69, 9.17) is 5.11 Å². The number of rotatable bonds is 4. The fraction of sp³-hybridized carbons (Fsp3) is 0.500. The van der Waals surface area contributed by atoms with E-state index in [0.29, 0.717) is 12.4 Å². The predicted molar refractivity (Wildman–Crippen MR) is 81.7 cm³/mol. The Hall–Kier alpha value is -1.69. The van der Waals surface area contributed by atoms with Crippen LogP contribution in [0.1, 0.15) is 23.2 Å². The summed E-state index contributed by atoms with van der Waals surface area (Å²) in [6, 6.07) is 0. The molecule has 1 unspecified atom stereocenters. The van der Waals surface area contributed by atoms with E-state index in [1.807, 2.05) is 18.9 Å². The molecule has 20 heavy (non-hydrogen) atoms. The number of fused-ring (bicyclic) bond motifs is 1. The van der Waals surface area contributed by atoms with Crippen LogP contribution in [0.25, 0.3) is 10.2 Å². The second-order valence-corrected chi connectivity index (χ2v) is 6.38. The number of carbonyl (C=O) groups is 1. The molecule has 1 N–H and O–H groups in total. The molecule has 0 aliphatic rings. The molecular formula is C14H19N3O2S. The summed E-state index contributed by atoms with van der Waals surface area (Å²) in [6.07, 6.45) is 0. The lowest BCUT2D eigenvalue weighted by Crippen LogP contribution is -2.29. The SMILES string of the molecule is Cc1nc(N(C)CC(C)C(=O)O)c2c(C)c(C)sc2n1. The van der Waals surface area contributed by atoms with Crippen molar-refractivity contribution >= 4 is 33.3 Å². The first-order valence-electron chi connectivity index (χ1n) is 6.49. The summed E-state index contributed by atoms with van der Waals surface area (Å²) in [4.78, 5) is 24.1. The molecule has 0 radical (unpaired) electrons. The Bertz CT molecular complexity index is 666. The number of aryl methyl sites for hydroxylation is 3. The number of nitrogens with zero attached hydrogens (tertiary/aromatic N) is 3. The molecule has 0 aliphatic heterocycles. The number of carboxylic acids is 1. The molecule has 1 atom stereocenters. The van der Waals surface area contributed by atoms with Crippen molar-refractivity contribution in [2.45, 2.75) is 27.7 Å². The molecule has 0 aliphatic carbocycles. The molecule has 2 aromatic heterocycles. The summed E-state index contributed by atoms with van der Waals surface area (Å²) in [5, 5.41) is 10.1. The van der Waals surface area contributed by atoms with E-state index in [9.17, 15) is 4.79 Å². The first-order chi connectivity index (χ1) is 9.31. The maximum atomic E-state index is 11.0. The van der Waals surface area contributed by atoms with Gasteiger partial charge in [-0.1, -0.05) is 6.92 Å².